The third kappa shape index (κ3) is 3.03. The fourth-order valence-corrected chi connectivity index (χ4v) is 0.900. The van der Waals surface area contributed by atoms with Gasteiger partial charge in [-0.05, 0) is 37.6 Å². The van der Waals surface area contributed by atoms with E-state index in [0.29, 0.717) is 17.9 Å². The molecule has 3 heteroatoms. The van der Waals surface area contributed by atoms with Crippen LogP contribution in [0.1, 0.15) is 12.5 Å². The minimum atomic E-state index is -0.219. The van der Waals surface area contributed by atoms with E-state index in [4.69, 9.17) is 9.47 Å². The maximum Gasteiger partial charge on any atom is 0.189 e. The van der Waals surface area contributed by atoms with Gasteiger partial charge in [0.1, 0.15) is 11.6 Å². The largest absolute Gasteiger partial charge is 0.468 e. The van der Waals surface area contributed by atoms with Crippen molar-refractivity contribution in [1.82, 2.24) is 0 Å². The van der Waals surface area contributed by atoms with Gasteiger partial charge >= 0.3 is 0 Å². The summed E-state index contributed by atoms with van der Waals surface area (Å²) in [6.07, 6.45) is 0. The molecule has 0 aliphatic heterocycles. The Hall–Kier alpha value is -1.09. The van der Waals surface area contributed by atoms with Gasteiger partial charge in [0.2, 0.25) is 0 Å². The number of hydrogen-bond acceptors (Lipinski definition) is 2. The standard InChI is InChI=1S/C10H13FO2/c1-3-12-7-13-9-4-5-10(11)8(2)6-9/h4-6H,3,7H2,1-2H3. The van der Waals surface area contributed by atoms with Crippen LogP contribution in [0.15, 0.2) is 18.2 Å². The van der Waals surface area contributed by atoms with Crippen molar-refractivity contribution in [3.63, 3.8) is 0 Å². The second-order valence-corrected chi connectivity index (χ2v) is 2.67. The molecule has 0 heterocycles. The van der Waals surface area contributed by atoms with E-state index in [1.165, 1.54) is 6.07 Å². The average Bonchev–Trinajstić information content (AvgIpc) is 2.12. The lowest BCUT2D eigenvalue weighted by Crippen LogP contribution is -2.02. The van der Waals surface area contributed by atoms with E-state index in [-0.39, 0.29) is 12.6 Å². The molecule has 0 aliphatic rings. The van der Waals surface area contributed by atoms with Crippen LogP contribution in [0.4, 0.5) is 4.39 Å². The molecule has 0 N–H and O–H groups in total. The Bertz CT molecular complexity index is 274. The topological polar surface area (TPSA) is 18.5 Å². The molecule has 0 amide bonds. The zero-order chi connectivity index (χ0) is 9.68. The van der Waals surface area contributed by atoms with E-state index in [1.54, 1.807) is 19.1 Å². The lowest BCUT2D eigenvalue weighted by Gasteiger charge is -2.06. The number of hydrogen-bond donors (Lipinski definition) is 0. The normalized spacial score (nSPS) is 10.1. The number of ether oxygens (including phenoxy) is 2. The summed E-state index contributed by atoms with van der Waals surface area (Å²) in [7, 11) is 0. The molecule has 0 aromatic heterocycles. The average molecular weight is 184 g/mol. The molecule has 13 heavy (non-hydrogen) atoms. The zero-order valence-electron chi connectivity index (χ0n) is 7.84. The highest BCUT2D eigenvalue weighted by Gasteiger charge is 1.98. The maximum atomic E-state index is 12.8. The molecule has 1 aromatic rings. The SMILES string of the molecule is CCOCOc1ccc(F)c(C)c1. The van der Waals surface area contributed by atoms with Crippen LogP contribution in [0, 0.1) is 12.7 Å². The van der Waals surface area contributed by atoms with Crippen LogP contribution >= 0.6 is 0 Å². The quantitative estimate of drug-likeness (QED) is 0.528. The summed E-state index contributed by atoms with van der Waals surface area (Å²) in [6.45, 7) is 4.41. The van der Waals surface area contributed by atoms with Crippen LogP contribution in [0.2, 0.25) is 0 Å². The molecule has 0 bridgehead atoms. The van der Waals surface area contributed by atoms with Gasteiger partial charge < -0.3 is 9.47 Å². The van der Waals surface area contributed by atoms with Crippen molar-refractivity contribution in [2.75, 3.05) is 13.4 Å². The van der Waals surface area contributed by atoms with Gasteiger partial charge in [-0.2, -0.15) is 0 Å². The van der Waals surface area contributed by atoms with Crippen molar-refractivity contribution in [3.8, 4) is 5.75 Å². The van der Waals surface area contributed by atoms with Crippen LogP contribution < -0.4 is 4.74 Å². The van der Waals surface area contributed by atoms with Crippen molar-refractivity contribution < 1.29 is 13.9 Å². The van der Waals surface area contributed by atoms with Gasteiger partial charge in [0.25, 0.3) is 0 Å². The van der Waals surface area contributed by atoms with E-state index in [0.717, 1.165) is 0 Å². The molecule has 0 unspecified atom stereocenters. The van der Waals surface area contributed by atoms with Crippen LogP contribution in [0.5, 0.6) is 5.75 Å². The minimum Gasteiger partial charge on any atom is -0.468 e. The van der Waals surface area contributed by atoms with Crippen LogP contribution in [-0.4, -0.2) is 13.4 Å². The third-order valence-electron chi connectivity index (χ3n) is 1.64. The van der Waals surface area contributed by atoms with Crippen molar-refractivity contribution in [2.45, 2.75) is 13.8 Å². The van der Waals surface area contributed by atoms with Gasteiger partial charge in [0.15, 0.2) is 6.79 Å². The molecule has 1 aromatic carbocycles. The van der Waals surface area contributed by atoms with Gasteiger partial charge in [0, 0.05) is 6.61 Å². The lowest BCUT2D eigenvalue weighted by molar-refractivity contribution is 0.0223. The van der Waals surface area contributed by atoms with Gasteiger partial charge in [-0.3, -0.25) is 0 Å². The predicted octanol–water partition coefficient (Wildman–Crippen LogP) is 2.51. The smallest absolute Gasteiger partial charge is 0.189 e. The second kappa shape index (κ2) is 4.82. The summed E-state index contributed by atoms with van der Waals surface area (Å²) >= 11 is 0. The summed E-state index contributed by atoms with van der Waals surface area (Å²) in [5, 5.41) is 0. The molecule has 0 aliphatic carbocycles. The van der Waals surface area contributed by atoms with Crippen LogP contribution in [-0.2, 0) is 4.74 Å². The number of rotatable bonds is 4. The summed E-state index contributed by atoms with van der Waals surface area (Å²) in [5.74, 6) is 0.413. The molecule has 2 nitrogen and oxygen atoms in total. The highest BCUT2D eigenvalue weighted by atomic mass is 19.1. The Kier molecular flexibility index (Phi) is 3.71. The molecule has 0 fully saturated rings. The summed E-state index contributed by atoms with van der Waals surface area (Å²) < 4.78 is 23.0. The molecule has 0 saturated carbocycles. The molecule has 0 atom stereocenters. The van der Waals surface area contributed by atoms with E-state index in [1.807, 2.05) is 6.92 Å². The fraction of sp³-hybridized carbons (Fsp3) is 0.400. The second-order valence-electron chi connectivity index (χ2n) is 2.67. The highest BCUT2D eigenvalue weighted by molar-refractivity contribution is 5.28. The third-order valence-corrected chi connectivity index (χ3v) is 1.64. The Labute approximate surface area is 77.3 Å². The van der Waals surface area contributed by atoms with E-state index in [9.17, 15) is 4.39 Å². The van der Waals surface area contributed by atoms with Crippen molar-refractivity contribution >= 4 is 0 Å². The zero-order valence-corrected chi connectivity index (χ0v) is 7.84. The van der Waals surface area contributed by atoms with Crippen molar-refractivity contribution in [1.29, 1.82) is 0 Å². The minimum absolute atomic E-state index is 0.210. The molecule has 0 spiro atoms. The summed E-state index contributed by atoms with van der Waals surface area (Å²) in [4.78, 5) is 0. The highest BCUT2D eigenvalue weighted by Crippen LogP contribution is 2.15. The monoisotopic (exact) mass is 184 g/mol. The van der Waals surface area contributed by atoms with Gasteiger partial charge in [-0.25, -0.2) is 4.39 Å². The van der Waals surface area contributed by atoms with Crippen molar-refractivity contribution in [2.24, 2.45) is 0 Å². The van der Waals surface area contributed by atoms with Gasteiger partial charge in [-0.1, -0.05) is 0 Å². The molecule has 72 valence electrons. The van der Waals surface area contributed by atoms with Gasteiger partial charge in [0.05, 0.1) is 0 Å². The number of halogens is 1. The Morgan fingerprint density at radius 2 is 2.15 bits per heavy atom. The molecule has 1 rings (SSSR count). The first-order valence-electron chi connectivity index (χ1n) is 4.20. The first-order valence-corrected chi connectivity index (χ1v) is 4.20. The lowest BCUT2D eigenvalue weighted by atomic mass is 10.2. The summed E-state index contributed by atoms with van der Waals surface area (Å²) in [6, 6.07) is 4.62. The Morgan fingerprint density at radius 3 is 2.77 bits per heavy atom. The van der Waals surface area contributed by atoms with Gasteiger partial charge in [-0.15, -0.1) is 0 Å². The van der Waals surface area contributed by atoms with E-state index in [2.05, 4.69) is 0 Å². The Morgan fingerprint density at radius 1 is 1.38 bits per heavy atom. The molecule has 0 saturated heterocycles. The molecular weight excluding hydrogens is 171 g/mol. The van der Waals surface area contributed by atoms with Crippen molar-refractivity contribution in [3.05, 3.63) is 29.6 Å². The molecular formula is C10H13FO2. The summed E-state index contributed by atoms with van der Waals surface area (Å²) in [5.41, 5.74) is 0.578. The first kappa shape index (κ1) is 9.99. The van der Waals surface area contributed by atoms with E-state index < -0.39 is 0 Å². The maximum absolute atomic E-state index is 12.8. The first-order chi connectivity index (χ1) is 6.24. The van der Waals surface area contributed by atoms with Crippen LogP contribution in [0.3, 0.4) is 0 Å². The molecule has 0 radical (unpaired) electrons. The number of aryl methyl sites for hydroxylation is 1. The predicted molar refractivity (Wildman–Crippen MR) is 48.3 cm³/mol. The Balaban J connectivity index is 2.53. The fourth-order valence-electron chi connectivity index (χ4n) is 0.900. The van der Waals surface area contributed by atoms with E-state index >= 15 is 0 Å². The number of benzene rings is 1. The van der Waals surface area contributed by atoms with Crippen LogP contribution in [0.25, 0.3) is 0 Å².